The van der Waals surface area contributed by atoms with Crippen LogP contribution in [0.25, 0.3) is 21.2 Å². The zero-order valence-corrected chi connectivity index (χ0v) is 17.7. The summed E-state index contributed by atoms with van der Waals surface area (Å²) in [5.74, 6) is 0.724. The maximum absolute atomic E-state index is 13.2. The van der Waals surface area contributed by atoms with Crippen molar-refractivity contribution < 1.29 is 9.13 Å². The Balaban J connectivity index is 1.48. The Morgan fingerprint density at radius 1 is 0.964 bits per heavy atom. The van der Waals surface area contributed by atoms with E-state index in [-0.39, 0.29) is 5.82 Å². The first-order valence-corrected chi connectivity index (χ1v) is 11.1. The van der Waals surface area contributed by atoms with E-state index >= 15 is 0 Å². The molecule has 0 saturated heterocycles. The summed E-state index contributed by atoms with van der Waals surface area (Å²) in [5.41, 5.74) is 2.20. The van der Waals surface area contributed by atoms with E-state index in [1.165, 1.54) is 54.4 Å². The van der Waals surface area contributed by atoms with Gasteiger partial charge in [-0.1, -0.05) is 31.9 Å². The fourth-order valence-corrected chi connectivity index (χ4v) is 4.37. The van der Waals surface area contributed by atoms with Crippen LogP contribution in [0.2, 0.25) is 0 Å². The first-order valence-electron chi connectivity index (χ1n) is 10.3. The van der Waals surface area contributed by atoms with Crippen LogP contribution < -0.4 is 4.74 Å². The number of ether oxygens (including phenoxy) is 1. The van der Waals surface area contributed by atoms with Crippen LogP contribution in [-0.2, 0) is 0 Å². The normalized spacial score (nSPS) is 11.4. The number of hydrogen-bond donors (Lipinski definition) is 0. The van der Waals surface area contributed by atoms with Crippen LogP contribution in [0.1, 0.15) is 39.0 Å². The van der Waals surface area contributed by atoms with Gasteiger partial charge in [-0.2, -0.15) is 0 Å². The Morgan fingerprint density at radius 3 is 2.46 bits per heavy atom. The molecule has 2 aromatic carbocycles. The predicted octanol–water partition coefficient (Wildman–Crippen LogP) is 6.99. The third kappa shape index (κ3) is 5.79. The van der Waals surface area contributed by atoms with E-state index in [4.69, 9.17) is 4.74 Å². The maximum atomic E-state index is 13.2. The van der Waals surface area contributed by atoms with Crippen molar-refractivity contribution in [2.75, 3.05) is 26.7 Å². The molecule has 0 N–H and O–H groups in total. The fraction of sp³-hybridized carbons (Fsp3) is 0.417. The van der Waals surface area contributed by atoms with Crippen molar-refractivity contribution >= 4 is 21.4 Å². The zero-order valence-electron chi connectivity index (χ0n) is 16.9. The standard InChI is InChI=1S/C24H30FNOS/c1-3-4-5-14-26(2)15-6-7-16-27-21-12-13-22-23(18-28-24(22)17-21)19-8-10-20(25)11-9-19/h8-13,17-18H,3-7,14-16H2,1-2H3. The molecule has 0 radical (unpaired) electrons. The molecule has 1 heterocycles. The predicted molar refractivity (Wildman–Crippen MR) is 119 cm³/mol. The van der Waals surface area contributed by atoms with Crippen molar-refractivity contribution in [3.05, 3.63) is 53.7 Å². The second-order valence-corrected chi connectivity index (χ2v) is 8.29. The summed E-state index contributed by atoms with van der Waals surface area (Å²) in [4.78, 5) is 2.42. The van der Waals surface area contributed by atoms with Gasteiger partial charge in [-0.05, 0) is 80.7 Å². The van der Waals surface area contributed by atoms with Crippen molar-refractivity contribution in [1.82, 2.24) is 4.90 Å². The molecule has 0 aliphatic rings. The number of benzene rings is 2. The number of unbranched alkanes of at least 4 members (excludes halogenated alkanes) is 3. The molecular weight excluding hydrogens is 369 g/mol. The van der Waals surface area contributed by atoms with Crippen LogP contribution in [0.3, 0.4) is 0 Å². The van der Waals surface area contributed by atoms with Gasteiger partial charge in [0.2, 0.25) is 0 Å². The minimum atomic E-state index is -0.203. The molecule has 0 saturated carbocycles. The van der Waals surface area contributed by atoms with E-state index in [9.17, 15) is 4.39 Å². The van der Waals surface area contributed by atoms with E-state index < -0.39 is 0 Å². The molecule has 150 valence electrons. The summed E-state index contributed by atoms with van der Waals surface area (Å²) in [6.07, 6.45) is 6.13. The van der Waals surface area contributed by atoms with E-state index in [1.807, 2.05) is 18.2 Å². The smallest absolute Gasteiger partial charge is 0.123 e. The van der Waals surface area contributed by atoms with Crippen LogP contribution in [-0.4, -0.2) is 31.6 Å². The molecule has 2 nitrogen and oxygen atoms in total. The van der Waals surface area contributed by atoms with Crippen molar-refractivity contribution in [3.8, 4) is 16.9 Å². The molecule has 28 heavy (non-hydrogen) atoms. The molecule has 0 unspecified atom stereocenters. The number of rotatable bonds is 11. The molecular formula is C24H30FNOS. The summed E-state index contributed by atoms with van der Waals surface area (Å²) in [7, 11) is 2.21. The molecule has 0 spiro atoms. The Kier molecular flexibility index (Phi) is 7.87. The lowest BCUT2D eigenvalue weighted by atomic mass is 10.0. The largest absolute Gasteiger partial charge is 0.494 e. The van der Waals surface area contributed by atoms with Gasteiger partial charge >= 0.3 is 0 Å². The van der Waals surface area contributed by atoms with Gasteiger partial charge in [-0.25, -0.2) is 4.39 Å². The van der Waals surface area contributed by atoms with E-state index in [1.54, 1.807) is 11.3 Å². The Bertz CT molecular complexity index is 859. The molecule has 0 bridgehead atoms. The van der Waals surface area contributed by atoms with Gasteiger partial charge in [0.05, 0.1) is 6.61 Å². The second-order valence-electron chi connectivity index (χ2n) is 7.38. The maximum Gasteiger partial charge on any atom is 0.123 e. The molecule has 0 atom stereocenters. The third-order valence-corrected chi connectivity index (χ3v) is 5.99. The van der Waals surface area contributed by atoms with Gasteiger partial charge < -0.3 is 9.64 Å². The first kappa shape index (κ1) is 20.8. The number of fused-ring (bicyclic) bond motifs is 1. The van der Waals surface area contributed by atoms with Crippen LogP contribution in [0.5, 0.6) is 5.75 Å². The highest BCUT2D eigenvalue weighted by atomic mass is 32.1. The minimum absolute atomic E-state index is 0.203. The summed E-state index contributed by atoms with van der Waals surface area (Å²) in [6.45, 7) is 5.33. The van der Waals surface area contributed by atoms with E-state index in [2.05, 4.69) is 36.4 Å². The van der Waals surface area contributed by atoms with E-state index in [0.717, 1.165) is 36.4 Å². The molecule has 0 aliphatic heterocycles. The van der Waals surface area contributed by atoms with Gasteiger partial charge in [0.15, 0.2) is 0 Å². The molecule has 3 aromatic rings. The lowest BCUT2D eigenvalue weighted by Gasteiger charge is -2.16. The third-order valence-electron chi connectivity index (χ3n) is 5.05. The van der Waals surface area contributed by atoms with Gasteiger partial charge in [0.1, 0.15) is 11.6 Å². The number of thiophene rings is 1. The Hall–Kier alpha value is -1.91. The summed E-state index contributed by atoms with van der Waals surface area (Å²) in [5, 5.41) is 3.33. The van der Waals surface area contributed by atoms with Crippen molar-refractivity contribution in [1.29, 1.82) is 0 Å². The van der Waals surface area contributed by atoms with Crippen LogP contribution in [0.15, 0.2) is 47.8 Å². The fourth-order valence-electron chi connectivity index (χ4n) is 3.37. The molecule has 0 aliphatic carbocycles. The summed E-state index contributed by atoms with van der Waals surface area (Å²) in [6, 6.07) is 13.0. The molecule has 0 fully saturated rings. The van der Waals surface area contributed by atoms with Gasteiger partial charge in [0.25, 0.3) is 0 Å². The Morgan fingerprint density at radius 2 is 1.71 bits per heavy atom. The quantitative estimate of drug-likeness (QED) is 0.322. The van der Waals surface area contributed by atoms with Gasteiger partial charge in [-0.15, -0.1) is 11.3 Å². The number of hydrogen-bond acceptors (Lipinski definition) is 3. The first-order chi connectivity index (χ1) is 13.7. The summed E-state index contributed by atoms with van der Waals surface area (Å²) < 4.78 is 20.3. The van der Waals surface area contributed by atoms with Gasteiger partial charge in [0, 0.05) is 15.6 Å². The van der Waals surface area contributed by atoms with Crippen LogP contribution in [0.4, 0.5) is 4.39 Å². The average Bonchev–Trinajstić information content (AvgIpc) is 3.12. The van der Waals surface area contributed by atoms with Crippen LogP contribution in [0, 0.1) is 5.82 Å². The average molecular weight is 400 g/mol. The van der Waals surface area contributed by atoms with E-state index in [0.29, 0.717) is 0 Å². The summed E-state index contributed by atoms with van der Waals surface area (Å²) >= 11 is 1.70. The zero-order chi connectivity index (χ0) is 19.8. The van der Waals surface area contributed by atoms with Crippen molar-refractivity contribution in [3.63, 3.8) is 0 Å². The van der Waals surface area contributed by atoms with Crippen molar-refractivity contribution in [2.45, 2.75) is 39.0 Å². The highest BCUT2D eigenvalue weighted by Gasteiger charge is 2.08. The second kappa shape index (κ2) is 10.6. The molecule has 4 heteroatoms. The van der Waals surface area contributed by atoms with Crippen molar-refractivity contribution in [2.24, 2.45) is 0 Å². The van der Waals surface area contributed by atoms with Crippen LogP contribution >= 0.6 is 11.3 Å². The topological polar surface area (TPSA) is 12.5 Å². The lowest BCUT2D eigenvalue weighted by molar-refractivity contribution is 0.276. The van der Waals surface area contributed by atoms with Gasteiger partial charge in [-0.3, -0.25) is 0 Å². The lowest BCUT2D eigenvalue weighted by Crippen LogP contribution is -2.21. The SMILES string of the molecule is CCCCCN(C)CCCCOc1ccc2c(-c3ccc(F)cc3)csc2c1. The molecule has 3 rings (SSSR count). The monoisotopic (exact) mass is 399 g/mol. The highest BCUT2D eigenvalue weighted by molar-refractivity contribution is 7.17. The number of nitrogens with zero attached hydrogens (tertiary/aromatic N) is 1. The number of halogens is 1. The minimum Gasteiger partial charge on any atom is -0.494 e. The highest BCUT2D eigenvalue weighted by Crippen LogP contribution is 2.36. The molecule has 0 amide bonds. The molecule has 1 aromatic heterocycles. The Labute approximate surface area is 171 Å².